The highest BCUT2D eigenvalue weighted by Gasteiger charge is 2.21. The molecule has 0 spiro atoms. The molecule has 0 aliphatic rings. The summed E-state index contributed by atoms with van der Waals surface area (Å²) in [5.74, 6) is 0.263. The van der Waals surface area contributed by atoms with E-state index in [1.54, 1.807) is 19.2 Å². The summed E-state index contributed by atoms with van der Waals surface area (Å²) in [5.41, 5.74) is 0.557. The van der Waals surface area contributed by atoms with Crippen LogP contribution in [-0.2, 0) is 15.4 Å². The number of aliphatic imine (C=N–C) groups is 1. The van der Waals surface area contributed by atoms with Crippen molar-refractivity contribution in [3.05, 3.63) is 60.2 Å². The smallest absolute Gasteiger partial charge is 0.242 e. The summed E-state index contributed by atoms with van der Waals surface area (Å²) in [7, 11) is -1.96. The Labute approximate surface area is 165 Å². The lowest BCUT2D eigenvalue weighted by atomic mass is 9.84. The predicted molar refractivity (Wildman–Crippen MR) is 108 cm³/mol. The van der Waals surface area contributed by atoms with Crippen molar-refractivity contribution in [2.45, 2.75) is 24.2 Å². The largest absolute Gasteiger partial charge is 0.356 e. The van der Waals surface area contributed by atoms with Gasteiger partial charge in [-0.1, -0.05) is 26.0 Å². The lowest BCUT2D eigenvalue weighted by Gasteiger charge is -2.27. The van der Waals surface area contributed by atoms with Crippen LogP contribution in [0.5, 0.6) is 0 Å². The van der Waals surface area contributed by atoms with Gasteiger partial charge in [0, 0.05) is 44.5 Å². The first-order valence-corrected chi connectivity index (χ1v) is 10.3. The van der Waals surface area contributed by atoms with Gasteiger partial charge in [0.15, 0.2) is 5.96 Å². The highest BCUT2D eigenvalue weighted by Crippen LogP contribution is 2.22. The van der Waals surface area contributed by atoms with E-state index in [0.717, 1.165) is 5.56 Å². The van der Waals surface area contributed by atoms with E-state index in [4.69, 9.17) is 0 Å². The van der Waals surface area contributed by atoms with Crippen LogP contribution in [-0.4, -0.2) is 46.0 Å². The summed E-state index contributed by atoms with van der Waals surface area (Å²) in [6.45, 7) is 5.07. The zero-order chi connectivity index (χ0) is 20.6. The van der Waals surface area contributed by atoms with Crippen molar-refractivity contribution in [1.29, 1.82) is 0 Å². The van der Waals surface area contributed by atoms with Crippen LogP contribution in [0.25, 0.3) is 0 Å². The van der Waals surface area contributed by atoms with Crippen LogP contribution in [0.3, 0.4) is 0 Å². The number of pyridine rings is 1. The van der Waals surface area contributed by atoms with Gasteiger partial charge in [-0.25, -0.2) is 17.5 Å². The molecule has 1 heterocycles. The molecule has 9 heteroatoms. The van der Waals surface area contributed by atoms with Gasteiger partial charge < -0.3 is 10.6 Å². The van der Waals surface area contributed by atoms with Crippen molar-refractivity contribution in [3.8, 4) is 0 Å². The molecule has 0 amide bonds. The molecule has 2 rings (SSSR count). The van der Waals surface area contributed by atoms with Crippen LogP contribution >= 0.6 is 0 Å². The Morgan fingerprint density at radius 2 is 1.96 bits per heavy atom. The Morgan fingerprint density at radius 1 is 1.18 bits per heavy atom. The average Bonchev–Trinajstić information content (AvgIpc) is 2.68. The van der Waals surface area contributed by atoms with E-state index in [-0.39, 0.29) is 22.7 Å². The summed E-state index contributed by atoms with van der Waals surface area (Å²) < 4.78 is 40.2. The van der Waals surface area contributed by atoms with Crippen molar-refractivity contribution in [2.75, 3.05) is 26.7 Å². The Bertz CT molecular complexity index is 902. The first kappa shape index (κ1) is 21.8. The SMILES string of the molecule is CN=C(NCCNS(=O)(=O)c1cccnc1)NCC(C)(C)c1cccc(F)c1. The number of aromatic nitrogens is 1. The van der Waals surface area contributed by atoms with Crippen molar-refractivity contribution in [1.82, 2.24) is 20.3 Å². The molecule has 28 heavy (non-hydrogen) atoms. The molecular formula is C19H26FN5O2S. The number of benzene rings is 1. The molecule has 0 atom stereocenters. The van der Waals surface area contributed by atoms with Crippen LogP contribution < -0.4 is 15.4 Å². The van der Waals surface area contributed by atoms with Crippen molar-refractivity contribution in [3.63, 3.8) is 0 Å². The molecule has 1 aromatic heterocycles. The van der Waals surface area contributed by atoms with E-state index in [2.05, 4.69) is 25.3 Å². The number of sulfonamides is 1. The van der Waals surface area contributed by atoms with Crippen LogP contribution in [0.4, 0.5) is 4.39 Å². The number of nitrogens with zero attached hydrogens (tertiary/aromatic N) is 2. The van der Waals surface area contributed by atoms with E-state index in [9.17, 15) is 12.8 Å². The van der Waals surface area contributed by atoms with Gasteiger partial charge in [0.2, 0.25) is 10.0 Å². The fraction of sp³-hybridized carbons (Fsp3) is 0.368. The predicted octanol–water partition coefficient (Wildman–Crippen LogP) is 1.64. The molecule has 0 saturated heterocycles. The number of nitrogens with one attached hydrogen (secondary N) is 3. The minimum Gasteiger partial charge on any atom is -0.356 e. The van der Waals surface area contributed by atoms with Gasteiger partial charge in [-0.2, -0.15) is 0 Å². The topological polar surface area (TPSA) is 95.5 Å². The fourth-order valence-electron chi connectivity index (χ4n) is 2.49. The number of hydrogen-bond donors (Lipinski definition) is 3. The number of halogens is 1. The monoisotopic (exact) mass is 407 g/mol. The molecule has 0 fully saturated rings. The zero-order valence-electron chi connectivity index (χ0n) is 16.2. The molecule has 3 N–H and O–H groups in total. The average molecular weight is 408 g/mol. The van der Waals surface area contributed by atoms with Gasteiger partial charge in [0.05, 0.1) is 0 Å². The Balaban J connectivity index is 1.82. The first-order chi connectivity index (χ1) is 13.2. The van der Waals surface area contributed by atoms with Gasteiger partial charge in [-0.15, -0.1) is 0 Å². The summed E-state index contributed by atoms with van der Waals surface area (Å²) in [6.07, 6.45) is 2.81. The van der Waals surface area contributed by atoms with Gasteiger partial charge in [-0.05, 0) is 29.8 Å². The number of guanidine groups is 1. The van der Waals surface area contributed by atoms with Crippen LogP contribution in [0.15, 0.2) is 58.7 Å². The summed E-state index contributed by atoms with van der Waals surface area (Å²) in [5, 5.41) is 6.24. The molecular weight excluding hydrogens is 381 g/mol. The van der Waals surface area contributed by atoms with Crippen LogP contribution in [0, 0.1) is 5.82 Å². The Hall–Kier alpha value is -2.52. The second-order valence-corrected chi connectivity index (χ2v) is 8.60. The lowest BCUT2D eigenvalue weighted by molar-refractivity contribution is 0.503. The summed E-state index contributed by atoms with van der Waals surface area (Å²) in [6, 6.07) is 9.56. The van der Waals surface area contributed by atoms with Gasteiger partial charge in [0.25, 0.3) is 0 Å². The van der Waals surface area contributed by atoms with E-state index in [0.29, 0.717) is 19.0 Å². The normalized spacial score (nSPS) is 12.6. The highest BCUT2D eigenvalue weighted by molar-refractivity contribution is 7.89. The van der Waals surface area contributed by atoms with E-state index in [1.165, 1.54) is 30.6 Å². The van der Waals surface area contributed by atoms with Crippen LogP contribution in [0.1, 0.15) is 19.4 Å². The van der Waals surface area contributed by atoms with Crippen molar-refractivity contribution in [2.24, 2.45) is 4.99 Å². The number of rotatable bonds is 8. The Morgan fingerprint density at radius 3 is 2.61 bits per heavy atom. The molecule has 0 aliphatic carbocycles. The maximum atomic E-state index is 13.5. The minimum absolute atomic E-state index is 0.120. The third kappa shape index (κ3) is 6.28. The third-order valence-corrected chi connectivity index (χ3v) is 5.63. The maximum Gasteiger partial charge on any atom is 0.242 e. The summed E-state index contributed by atoms with van der Waals surface area (Å²) >= 11 is 0. The highest BCUT2D eigenvalue weighted by atomic mass is 32.2. The molecule has 0 saturated carbocycles. The molecule has 7 nitrogen and oxygen atoms in total. The van der Waals surface area contributed by atoms with Crippen molar-refractivity contribution >= 4 is 16.0 Å². The molecule has 152 valence electrons. The quantitative estimate of drug-likeness (QED) is 0.351. The van der Waals surface area contributed by atoms with Crippen molar-refractivity contribution < 1.29 is 12.8 Å². The molecule has 0 unspecified atom stereocenters. The zero-order valence-corrected chi connectivity index (χ0v) is 17.1. The molecule has 0 bridgehead atoms. The van der Waals surface area contributed by atoms with Gasteiger partial charge in [0.1, 0.15) is 10.7 Å². The second-order valence-electron chi connectivity index (χ2n) is 6.83. The van der Waals surface area contributed by atoms with E-state index in [1.807, 2.05) is 19.9 Å². The lowest BCUT2D eigenvalue weighted by Crippen LogP contribution is -2.45. The Kier molecular flexibility index (Phi) is 7.47. The molecule has 2 aromatic rings. The van der Waals surface area contributed by atoms with E-state index < -0.39 is 10.0 Å². The minimum atomic E-state index is -3.59. The first-order valence-electron chi connectivity index (χ1n) is 8.85. The fourth-order valence-corrected chi connectivity index (χ4v) is 3.49. The maximum absolute atomic E-state index is 13.5. The summed E-state index contributed by atoms with van der Waals surface area (Å²) in [4.78, 5) is 8.06. The molecule has 0 radical (unpaired) electrons. The van der Waals surface area contributed by atoms with Gasteiger partial charge >= 0.3 is 0 Å². The number of hydrogen-bond acceptors (Lipinski definition) is 4. The second kappa shape index (κ2) is 9.61. The standard InChI is InChI=1S/C19H26FN5O2S/c1-19(2,15-6-4-7-16(20)12-15)14-24-18(21-3)23-10-11-25-28(26,27)17-8-5-9-22-13-17/h4-9,12-13,25H,10-11,14H2,1-3H3,(H2,21,23,24). The van der Waals surface area contributed by atoms with Crippen LogP contribution in [0.2, 0.25) is 0 Å². The van der Waals surface area contributed by atoms with Gasteiger partial charge in [-0.3, -0.25) is 9.98 Å². The third-order valence-electron chi connectivity index (χ3n) is 4.18. The molecule has 1 aromatic carbocycles. The molecule has 0 aliphatic heterocycles. The van der Waals surface area contributed by atoms with E-state index >= 15 is 0 Å².